The van der Waals surface area contributed by atoms with Crippen molar-refractivity contribution in [2.24, 2.45) is 5.92 Å². The zero-order valence-electron chi connectivity index (χ0n) is 17.6. The smallest absolute Gasteiger partial charge is 0.409 e. The lowest BCUT2D eigenvalue weighted by Crippen LogP contribution is -2.39. The van der Waals surface area contributed by atoms with E-state index in [1.807, 2.05) is 6.07 Å². The first kappa shape index (κ1) is 21.8. The van der Waals surface area contributed by atoms with Gasteiger partial charge in [0.2, 0.25) is 0 Å². The molecular formula is C21H26F4N4O2. The van der Waals surface area contributed by atoms with Crippen molar-refractivity contribution in [3.63, 3.8) is 0 Å². The number of alkyl halides is 3. The van der Waals surface area contributed by atoms with E-state index in [0.29, 0.717) is 18.8 Å². The van der Waals surface area contributed by atoms with Crippen LogP contribution >= 0.6 is 0 Å². The molecule has 2 fully saturated rings. The molecule has 2 aliphatic rings. The van der Waals surface area contributed by atoms with Crippen molar-refractivity contribution in [2.75, 3.05) is 20.2 Å². The van der Waals surface area contributed by atoms with Gasteiger partial charge in [-0.05, 0) is 51.5 Å². The van der Waals surface area contributed by atoms with Crippen LogP contribution in [0.5, 0.6) is 0 Å². The standard InChI is InChI=1S/C21H26F4N4O2/c1-12-10-16(14-4-3-9-28(11-14)20(30)31-2)29-19(26-12)17(22)18(27-29)13-5-7-15(8-6-13)21(23,24)25/h10,13-15H,3-9,11H2,1-2H3/t13-,14-,15-/m1/s1. The van der Waals surface area contributed by atoms with Gasteiger partial charge in [-0.1, -0.05) is 0 Å². The van der Waals surface area contributed by atoms with Gasteiger partial charge in [-0.2, -0.15) is 18.3 Å². The van der Waals surface area contributed by atoms with Gasteiger partial charge in [-0.3, -0.25) is 0 Å². The van der Waals surface area contributed by atoms with E-state index >= 15 is 4.39 Å². The summed E-state index contributed by atoms with van der Waals surface area (Å²) in [5.74, 6) is -2.30. The summed E-state index contributed by atoms with van der Waals surface area (Å²) in [5.41, 5.74) is 1.67. The fourth-order valence-corrected chi connectivity index (χ4v) is 4.92. The second kappa shape index (κ2) is 8.27. The summed E-state index contributed by atoms with van der Waals surface area (Å²) in [5, 5.41) is 4.49. The zero-order chi connectivity index (χ0) is 22.3. The van der Waals surface area contributed by atoms with Crippen LogP contribution in [0, 0.1) is 18.7 Å². The number of nitrogens with zero attached hydrogens (tertiary/aromatic N) is 4. The molecule has 0 bridgehead atoms. The second-order valence-electron chi connectivity index (χ2n) is 8.60. The molecular weight excluding hydrogens is 416 g/mol. The summed E-state index contributed by atoms with van der Waals surface area (Å²) < 4.78 is 60.6. The number of hydrogen-bond acceptors (Lipinski definition) is 4. The Morgan fingerprint density at radius 3 is 2.52 bits per heavy atom. The maximum atomic E-state index is 15.3. The third kappa shape index (κ3) is 4.21. The van der Waals surface area contributed by atoms with Crippen LogP contribution in [0.1, 0.15) is 67.4 Å². The van der Waals surface area contributed by atoms with E-state index in [2.05, 4.69) is 10.1 Å². The number of carbonyl (C=O) groups is 1. The number of fused-ring (bicyclic) bond motifs is 1. The molecule has 1 aliphatic heterocycles. The van der Waals surface area contributed by atoms with Gasteiger partial charge in [0, 0.05) is 30.6 Å². The number of ether oxygens (including phenoxy) is 1. The third-order valence-electron chi connectivity index (χ3n) is 6.56. The molecule has 0 aromatic carbocycles. The first-order valence-electron chi connectivity index (χ1n) is 10.6. The van der Waals surface area contributed by atoms with E-state index in [1.54, 1.807) is 11.8 Å². The number of piperidine rings is 1. The SMILES string of the molecule is COC(=O)N1CCC[C@@H](c2cc(C)nc3c(F)c([C@H]4CC[C@H](C(F)(F)F)CC4)nn23)C1. The predicted molar refractivity (Wildman–Crippen MR) is 104 cm³/mol. The van der Waals surface area contributed by atoms with Crippen molar-refractivity contribution in [1.29, 1.82) is 0 Å². The van der Waals surface area contributed by atoms with Crippen molar-refractivity contribution in [3.05, 3.63) is 29.0 Å². The van der Waals surface area contributed by atoms with Crippen molar-refractivity contribution in [2.45, 2.75) is 63.5 Å². The number of aromatic nitrogens is 3. The van der Waals surface area contributed by atoms with E-state index < -0.39 is 24.0 Å². The molecule has 0 N–H and O–H groups in total. The number of methoxy groups -OCH3 is 1. The van der Waals surface area contributed by atoms with E-state index in [1.165, 1.54) is 11.6 Å². The minimum atomic E-state index is -4.21. The van der Waals surface area contributed by atoms with Gasteiger partial charge in [0.25, 0.3) is 0 Å². The van der Waals surface area contributed by atoms with Gasteiger partial charge in [0.15, 0.2) is 11.5 Å². The Kier molecular flexibility index (Phi) is 5.83. The summed E-state index contributed by atoms with van der Waals surface area (Å²) >= 11 is 0. The van der Waals surface area contributed by atoms with Crippen molar-refractivity contribution < 1.29 is 27.1 Å². The molecule has 0 unspecified atom stereocenters. The highest BCUT2D eigenvalue weighted by Gasteiger charge is 2.42. The lowest BCUT2D eigenvalue weighted by atomic mass is 9.80. The summed E-state index contributed by atoms with van der Waals surface area (Å²) in [6.45, 7) is 2.79. The molecule has 1 atom stereocenters. The van der Waals surface area contributed by atoms with Gasteiger partial charge >= 0.3 is 12.3 Å². The average Bonchev–Trinajstić information content (AvgIpc) is 3.08. The van der Waals surface area contributed by atoms with Crippen LogP contribution in [0.15, 0.2) is 6.07 Å². The van der Waals surface area contributed by atoms with Gasteiger partial charge in [0.05, 0.1) is 18.7 Å². The fraction of sp³-hybridized carbons (Fsp3) is 0.667. The van der Waals surface area contributed by atoms with E-state index in [-0.39, 0.29) is 48.9 Å². The molecule has 1 saturated heterocycles. The molecule has 1 amide bonds. The van der Waals surface area contributed by atoms with Gasteiger partial charge < -0.3 is 9.64 Å². The highest BCUT2D eigenvalue weighted by molar-refractivity contribution is 5.67. The molecule has 3 heterocycles. The lowest BCUT2D eigenvalue weighted by molar-refractivity contribution is -0.182. The maximum absolute atomic E-state index is 15.3. The lowest BCUT2D eigenvalue weighted by Gasteiger charge is -2.32. The average molecular weight is 442 g/mol. The Bertz CT molecular complexity index is 966. The molecule has 170 valence electrons. The monoisotopic (exact) mass is 442 g/mol. The van der Waals surface area contributed by atoms with Gasteiger partial charge in [0.1, 0.15) is 5.69 Å². The Morgan fingerprint density at radius 2 is 1.87 bits per heavy atom. The highest BCUT2D eigenvalue weighted by atomic mass is 19.4. The molecule has 1 aliphatic carbocycles. The number of carbonyl (C=O) groups excluding carboxylic acids is 1. The Morgan fingerprint density at radius 1 is 1.16 bits per heavy atom. The second-order valence-corrected chi connectivity index (χ2v) is 8.60. The topological polar surface area (TPSA) is 59.7 Å². The van der Waals surface area contributed by atoms with E-state index in [0.717, 1.165) is 18.5 Å². The number of aryl methyl sites for hydroxylation is 1. The highest BCUT2D eigenvalue weighted by Crippen LogP contribution is 2.43. The summed E-state index contributed by atoms with van der Waals surface area (Å²) in [7, 11) is 1.34. The van der Waals surface area contributed by atoms with Crippen LogP contribution in [-0.2, 0) is 4.74 Å². The summed E-state index contributed by atoms with van der Waals surface area (Å²) in [6, 6.07) is 1.84. The maximum Gasteiger partial charge on any atom is 0.409 e. The van der Waals surface area contributed by atoms with E-state index in [9.17, 15) is 18.0 Å². The molecule has 31 heavy (non-hydrogen) atoms. The van der Waals surface area contributed by atoms with Crippen molar-refractivity contribution in [1.82, 2.24) is 19.5 Å². The van der Waals surface area contributed by atoms with Crippen molar-refractivity contribution >= 4 is 11.7 Å². The third-order valence-corrected chi connectivity index (χ3v) is 6.56. The fourth-order valence-electron chi connectivity index (χ4n) is 4.92. The van der Waals surface area contributed by atoms with Crippen molar-refractivity contribution in [3.8, 4) is 0 Å². The van der Waals surface area contributed by atoms with Crippen LogP contribution in [0.25, 0.3) is 5.65 Å². The molecule has 2 aromatic heterocycles. The molecule has 2 aromatic rings. The Hall–Kier alpha value is -2.39. The van der Waals surface area contributed by atoms with Crippen LogP contribution in [0.2, 0.25) is 0 Å². The largest absolute Gasteiger partial charge is 0.453 e. The van der Waals surface area contributed by atoms with Gasteiger partial charge in [-0.25, -0.2) is 18.7 Å². The number of amides is 1. The van der Waals surface area contributed by atoms with Gasteiger partial charge in [-0.15, -0.1) is 0 Å². The normalized spacial score (nSPS) is 25.1. The van der Waals surface area contributed by atoms with E-state index in [4.69, 9.17) is 4.74 Å². The minimum Gasteiger partial charge on any atom is -0.453 e. The molecule has 0 spiro atoms. The molecule has 4 rings (SSSR count). The van der Waals surface area contributed by atoms with Crippen LogP contribution < -0.4 is 0 Å². The quantitative estimate of drug-likeness (QED) is 0.617. The van der Waals surface area contributed by atoms with Crippen LogP contribution in [0.4, 0.5) is 22.4 Å². The molecule has 0 radical (unpaired) electrons. The zero-order valence-corrected chi connectivity index (χ0v) is 17.6. The Labute approximate surface area is 177 Å². The van der Waals surface area contributed by atoms with Crippen LogP contribution in [0.3, 0.4) is 0 Å². The summed E-state index contributed by atoms with van der Waals surface area (Å²) in [4.78, 5) is 17.9. The Balaban J connectivity index is 1.64. The molecule has 1 saturated carbocycles. The molecule has 10 heteroatoms. The minimum absolute atomic E-state index is 0.0164. The molecule has 6 nitrogen and oxygen atoms in total. The number of rotatable bonds is 2. The summed E-state index contributed by atoms with van der Waals surface area (Å²) in [6.07, 6.45) is -2.56. The predicted octanol–water partition coefficient (Wildman–Crippen LogP) is 4.96. The number of halogens is 4. The van der Waals surface area contributed by atoms with Crippen LogP contribution in [-0.4, -0.2) is 52.0 Å². The number of hydrogen-bond donors (Lipinski definition) is 0. The number of likely N-dealkylation sites (tertiary alicyclic amines) is 1. The first-order chi connectivity index (χ1) is 14.7. The first-order valence-corrected chi connectivity index (χ1v) is 10.6.